The van der Waals surface area contributed by atoms with Gasteiger partial charge in [-0.1, -0.05) is 19.3 Å². The lowest BCUT2D eigenvalue weighted by atomic mass is 9.96. The minimum absolute atomic E-state index is 0. The van der Waals surface area contributed by atoms with Gasteiger partial charge in [-0.3, -0.25) is 4.99 Å². The minimum Gasteiger partial charge on any atom is -0.494 e. The monoisotopic (exact) mass is 348 g/mol. The zero-order valence-electron chi connectivity index (χ0n) is 14.0. The van der Waals surface area contributed by atoms with Crippen molar-refractivity contribution in [3.8, 4) is 5.75 Å². The van der Waals surface area contributed by atoms with Gasteiger partial charge in [-0.15, -0.1) is 12.4 Å². The molecule has 1 aromatic heterocycles. The number of halogens is 1. The van der Waals surface area contributed by atoms with Crippen molar-refractivity contribution in [3.63, 3.8) is 0 Å². The Morgan fingerprint density at radius 3 is 2.54 bits per heavy atom. The molecule has 0 amide bonds. The predicted molar refractivity (Wildman–Crippen MR) is 101 cm³/mol. The Kier molecular flexibility index (Phi) is 7.19. The summed E-state index contributed by atoms with van der Waals surface area (Å²) < 4.78 is 11.0. The standard InChI is InChI=1S/C19H24N2O2.ClH/c1-2-22-17-12-10-16(11-13-17)21-19(18-9-6-14-23-18)20-15-7-4-3-5-8-15;/h6,9-15H,2-5,7-8H2,1H3,(H,20,21);1H. The maximum atomic E-state index is 5.55. The topological polar surface area (TPSA) is 46.8 Å². The van der Waals surface area contributed by atoms with Gasteiger partial charge >= 0.3 is 0 Å². The maximum absolute atomic E-state index is 5.55. The van der Waals surface area contributed by atoms with Crippen LogP contribution >= 0.6 is 12.4 Å². The minimum atomic E-state index is 0. The van der Waals surface area contributed by atoms with Gasteiger partial charge in [0.05, 0.1) is 18.9 Å². The Hall–Kier alpha value is -1.94. The smallest absolute Gasteiger partial charge is 0.169 e. The van der Waals surface area contributed by atoms with Crippen LogP contribution in [0.15, 0.2) is 52.1 Å². The summed E-state index contributed by atoms with van der Waals surface area (Å²) >= 11 is 0. The van der Waals surface area contributed by atoms with Gasteiger partial charge < -0.3 is 14.5 Å². The summed E-state index contributed by atoms with van der Waals surface area (Å²) in [7, 11) is 0. The molecule has 0 radical (unpaired) electrons. The number of nitrogens with one attached hydrogen (secondary N) is 1. The molecular formula is C19H25ClN2O2. The lowest BCUT2D eigenvalue weighted by molar-refractivity contribution is 0.340. The van der Waals surface area contributed by atoms with Gasteiger partial charge in [-0.2, -0.15) is 0 Å². The lowest BCUT2D eigenvalue weighted by Gasteiger charge is -2.19. The fraction of sp³-hybridized carbons (Fsp3) is 0.421. The van der Waals surface area contributed by atoms with Crippen molar-refractivity contribution in [1.29, 1.82) is 0 Å². The normalized spacial score (nSPS) is 15.6. The molecule has 0 spiro atoms. The molecule has 24 heavy (non-hydrogen) atoms. The van der Waals surface area contributed by atoms with E-state index in [1.165, 1.54) is 19.3 Å². The Bertz CT molecular complexity index is 617. The third-order valence-corrected chi connectivity index (χ3v) is 4.07. The molecule has 0 unspecified atom stereocenters. The van der Waals surface area contributed by atoms with Crippen molar-refractivity contribution in [1.82, 2.24) is 0 Å². The average molecular weight is 349 g/mol. The first kappa shape index (κ1) is 18.4. The first-order valence-corrected chi connectivity index (χ1v) is 8.46. The number of aliphatic imine (C=N–C) groups is 1. The molecule has 2 aromatic rings. The number of hydrogen-bond acceptors (Lipinski definition) is 3. The summed E-state index contributed by atoms with van der Waals surface area (Å²) in [6.45, 7) is 2.66. The number of anilines is 1. The van der Waals surface area contributed by atoms with Gasteiger partial charge in [0.2, 0.25) is 0 Å². The van der Waals surface area contributed by atoms with Gasteiger partial charge in [-0.25, -0.2) is 0 Å². The fourth-order valence-electron chi connectivity index (χ4n) is 2.90. The van der Waals surface area contributed by atoms with E-state index < -0.39 is 0 Å². The van der Waals surface area contributed by atoms with Crippen molar-refractivity contribution >= 4 is 23.9 Å². The molecule has 0 atom stereocenters. The molecule has 1 fully saturated rings. The van der Waals surface area contributed by atoms with E-state index in [0.29, 0.717) is 12.6 Å². The predicted octanol–water partition coefficient (Wildman–Crippen LogP) is 5.29. The van der Waals surface area contributed by atoms with Crippen molar-refractivity contribution in [2.24, 2.45) is 4.99 Å². The number of ether oxygens (including phenoxy) is 1. The molecule has 1 aliphatic rings. The van der Waals surface area contributed by atoms with Crippen LogP contribution in [0.2, 0.25) is 0 Å². The first-order chi connectivity index (χ1) is 11.3. The highest BCUT2D eigenvalue weighted by atomic mass is 35.5. The second-order valence-electron chi connectivity index (χ2n) is 5.83. The molecule has 1 aliphatic carbocycles. The maximum Gasteiger partial charge on any atom is 0.169 e. The molecular weight excluding hydrogens is 324 g/mol. The molecule has 1 saturated carbocycles. The number of benzene rings is 1. The number of amidine groups is 1. The molecule has 0 aliphatic heterocycles. The summed E-state index contributed by atoms with van der Waals surface area (Å²) in [5.74, 6) is 2.47. The van der Waals surface area contributed by atoms with E-state index in [4.69, 9.17) is 14.1 Å². The van der Waals surface area contributed by atoms with Crippen LogP contribution in [-0.4, -0.2) is 18.5 Å². The summed E-state index contributed by atoms with van der Waals surface area (Å²) in [6.07, 6.45) is 7.87. The molecule has 1 aromatic carbocycles. The highest BCUT2D eigenvalue weighted by Gasteiger charge is 2.15. The van der Waals surface area contributed by atoms with Crippen molar-refractivity contribution in [2.45, 2.75) is 45.1 Å². The summed E-state index contributed by atoms with van der Waals surface area (Å²) in [6, 6.07) is 12.2. The van der Waals surface area contributed by atoms with Gasteiger partial charge in [0.1, 0.15) is 5.75 Å². The van der Waals surface area contributed by atoms with Crippen LogP contribution in [-0.2, 0) is 0 Å². The second kappa shape index (κ2) is 9.38. The van der Waals surface area contributed by atoms with Gasteiger partial charge in [0.25, 0.3) is 0 Å². The largest absolute Gasteiger partial charge is 0.494 e. The van der Waals surface area contributed by atoms with Crippen LogP contribution in [0.5, 0.6) is 5.75 Å². The third-order valence-electron chi connectivity index (χ3n) is 4.07. The van der Waals surface area contributed by atoms with Gasteiger partial charge in [0, 0.05) is 5.69 Å². The molecule has 4 nitrogen and oxygen atoms in total. The van der Waals surface area contributed by atoms with Crippen LogP contribution in [0.1, 0.15) is 44.8 Å². The van der Waals surface area contributed by atoms with Crippen molar-refractivity contribution in [3.05, 3.63) is 48.4 Å². The van der Waals surface area contributed by atoms with Crippen LogP contribution in [0.4, 0.5) is 5.69 Å². The number of hydrogen-bond donors (Lipinski definition) is 1. The van der Waals surface area contributed by atoms with E-state index in [0.717, 1.165) is 35.9 Å². The zero-order chi connectivity index (χ0) is 15.9. The zero-order valence-corrected chi connectivity index (χ0v) is 14.8. The number of rotatable bonds is 5. The Morgan fingerprint density at radius 1 is 1.17 bits per heavy atom. The highest BCUT2D eigenvalue weighted by molar-refractivity contribution is 6.06. The molecule has 1 N–H and O–H groups in total. The summed E-state index contributed by atoms with van der Waals surface area (Å²) in [5, 5.41) is 3.40. The Morgan fingerprint density at radius 2 is 1.92 bits per heavy atom. The quantitative estimate of drug-likeness (QED) is 0.589. The van der Waals surface area contributed by atoms with E-state index in [2.05, 4.69) is 5.32 Å². The van der Waals surface area contributed by atoms with Crippen molar-refractivity contribution < 1.29 is 9.15 Å². The third kappa shape index (κ3) is 5.03. The van der Waals surface area contributed by atoms with Crippen LogP contribution in [0.25, 0.3) is 0 Å². The highest BCUT2D eigenvalue weighted by Crippen LogP contribution is 2.22. The fourth-order valence-corrected chi connectivity index (χ4v) is 2.90. The van der Waals surface area contributed by atoms with E-state index in [9.17, 15) is 0 Å². The molecule has 5 heteroatoms. The van der Waals surface area contributed by atoms with E-state index in [1.54, 1.807) is 6.26 Å². The van der Waals surface area contributed by atoms with Crippen LogP contribution in [0.3, 0.4) is 0 Å². The SMILES string of the molecule is CCOc1ccc(NC(=NC2CCCCC2)c2ccco2)cc1.Cl. The Labute approximate surface area is 149 Å². The number of furan rings is 1. The second-order valence-corrected chi connectivity index (χ2v) is 5.83. The van der Waals surface area contributed by atoms with E-state index in [-0.39, 0.29) is 12.4 Å². The lowest BCUT2D eigenvalue weighted by Crippen LogP contribution is -2.19. The van der Waals surface area contributed by atoms with Crippen LogP contribution in [0, 0.1) is 0 Å². The molecule has 1 heterocycles. The molecule has 0 saturated heterocycles. The summed E-state index contributed by atoms with van der Waals surface area (Å²) in [4.78, 5) is 4.91. The van der Waals surface area contributed by atoms with E-state index in [1.807, 2.05) is 43.3 Å². The van der Waals surface area contributed by atoms with E-state index >= 15 is 0 Å². The number of nitrogens with zero attached hydrogens (tertiary/aromatic N) is 1. The van der Waals surface area contributed by atoms with Gasteiger partial charge in [0.15, 0.2) is 11.6 Å². The first-order valence-electron chi connectivity index (χ1n) is 8.46. The Balaban J connectivity index is 0.00000208. The molecule has 3 rings (SSSR count). The summed E-state index contributed by atoms with van der Waals surface area (Å²) in [5.41, 5.74) is 0.986. The van der Waals surface area contributed by atoms with Crippen molar-refractivity contribution in [2.75, 3.05) is 11.9 Å². The van der Waals surface area contributed by atoms with Crippen LogP contribution < -0.4 is 10.1 Å². The molecule has 130 valence electrons. The average Bonchev–Trinajstić information content (AvgIpc) is 3.12. The van der Waals surface area contributed by atoms with Gasteiger partial charge in [-0.05, 0) is 56.2 Å². The molecule has 0 bridgehead atoms.